The molecule has 0 aromatic heterocycles. The number of nitrogens with one attached hydrogen (secondary N) is 1. The van der Waals surface area contributed by atoms with Crippen molar-refractivity contribution in [3.63, 3.8) is 0 Å². The van der Waals surface area contributed by atoms with Crippen molar-refractivity contribution in [2.24, 2.45) is 0 Å². The molecule has 21 heavy (non-hydrogen) atoms. The van der Waals surface area contributed by atoms with Crippen LogP contribution in [0.3, 0.4) is 0 Å². The molecule has 0 atom stereocenters. The number of hydrogen-bond donors (Lipinski definition) is 1. The Morgan fingerprint density at radius 3 is 2.57 bits per heavy atom. The molecule has 1 rings (SSSR count). The van der Waals surface area contributed by atoms with Crippen LogP contribution in [0.5, 0.6) is 0 Å². The normalized spacial score (nSPS) is 11.4. The topological polar surface area (TPSA) is 38.3 Å². The minimum Gasteiger partial charge on any atom is -0.461 e. The molecule has 0 aliphatic rings. The molecule has 0 fully saturated rings. The third-order valence-electron chi connectivity index (χ3n) is 3.16. The van der Waals surface area contributed by atoms with Crippen molar-refractivity contribution < 1.29 is 9.53 Å². The first-order chi connectivity index (χ1) is 9.99. The average Bonchev–Trinajstić information content (AvgIpc) is 2.46. The molecule has 1 N–H and O–H groups in total. The van der Waals surface area contributed by atoms with E-state index in [0.717, 1.165) is 29.4 Å². The van der Waals surface area contributed by atoms with E-state index in [-0.39, 0.29) is 5.97 Å². The minimum atomic E-state index is -0.292. The minimum absolute atomic E-state index is 0.292. The fraction of sp³-hybridized carbons (Fsp3) is 0.471. The van der Waals surface area contributed by atoms with Gasteiger partial charge >= 0.3 is 5.97 Å². The molecule has 0 radical (unpaired) electrons. The van der Waals surface area contributed by atoms with Gasteiger partial charge in [-0.3, -0.25) is 0 Å². The first kappa shape index (κ1) is 17.8. The quantitative estimate of drug-likeness (QED) is 0.584. The Balaban J connectivity index is 3.03. The lowest BCUT2D eigenvalue weighted by molar-refractivity contribution is -0.139. The van der Waals surface area contributed by atoms with Gasteiger partial charge in [-0.2, -0.15) is 0 Å². The molecular formula is C17H24BrNO2. The second-order valence-corrected chi connectivity index (χ2v) is 5.92. The van der Waals surface area contributed by atoms with Crippen LogP contribution in [0.15, 0.2) is 22.3 Å². The van der Waals surface area contributed by atoms with Gasteiger partial charge in [0.1, 0.15) is 5.70 Å². The van der Waals surface area contributed by atoms with E-state index in [9.17, 15) is 4.79 Å². The lowest BCUT2D eigenvalue weighted by Gasteiger charge is -2.11. The van der Waals surface area contributed by atoms with Crippen LogP contribution in [0.4, 0.5) is 0 Å². The predicted octanol–water partition coefficient (Wildman–Crippen LogP) is 4.36. The van der Waals surface area contributed by atoms with Gasteiger partial charge in [0, 0.05) is 11.0 Å². The number of aryl methyl sites for hydroxylation is 1. The summed E-state index contributed by atoms with van der Waals surface area (Å²) in [5.74, 6) is -0.292. The van der Waals surface area contributed by atoms with Gasteiger partial charge in [0.15, 0.2) is 0 Å². The first-order valence-electron chi connectivity index (χ1n) is 7.39. The zero-order valence-electron chi connectivity index (χ0n) is 13.3. The van der Waals surface area contributed by atoms with E-state index in [1.165, 1.54) is 11.1 Å². The second kappa shape index (κ2) is 8.88. The second-order valence-electron chi connectivity index (χ2n) is 5.07. The summed E-state index contributed by atoms with van der Waals surface area (Å²) in [5, 5.41) is 3.15. The van der Waals surface area contributed by atoms with Crippen LogP contribution < -0.4 is 5.32 Å². The van der Waals surface area contributed by atoms with Gasteiger partial charge in [0.05, 0.1) is 6.61 Å². The Hall–Kier alpha value is -1.29. The molecule has 3 nitrogen and oxygen atoms in total. The van der Waals surface area contributed by atoms with Gasteiger partial charge in [0.2, 0.25) is 0 Å². The van der Waals surface area contributed by atoms with Crippen molar-refractivity contribution in [1.29, 1.82) is 0 Å². The molecule has 0 amide bonds. The van der Waals surface area contributed by atoms with Crippen LogP contribution in [-0.2, 0) is 9.53 Å². The molecule has 1 aromatic rings. The molecule has 0 unspecified atom stereocenters. The maximum absolute atomic E-state index is 12.1. The number of hydrogen-bond acceptors (Lipinski definition) is 3. The molecule has 116 valence electrons. The number of carbonyl (C=O) groups is 1. The zero-order chi connectivity index (χ0) is 15.8. The van der Waals surface area contributed by atoms with Gasteiger partial charge in [-0.15, -0.1) is 0 Å². The lowest BCUT2D eigenvalue weighted by atomic mass is 10.1. The largest absolute Gasteiger partial charge is 0.461 e. The van der Waals surface area contributed by atoms with Crippen molar-refractivity contribution in [3.05, 3.63) is 39.0 Å². The number of carbonyl (C=O) groups excluding carboxylic acids is 1. The van der Waals surface area contributed by atoms with E-state index in [2.05, 4.69) is 48.1 Å². The van der Waals surface area contributed by atoms with E-state index in [4.69, 9.17) is 4.74 Å². The van der Waals surface area contributed by atoms with Crippen LogP contribution in [0, 0.1) is 13.8 Å². The average molecular weight is 354 g/mol. The SMILES string of the molecule is CCCN/C(=C\c1cc(C)c(C)c(Br)c1)C(=O)OCCC. The highest BCUT2D eigenvalue weighted by molar-refractivity contribution is 9.10. The van der Waals surface area contributed by atoms with Crippen molar-refractivity contribution >= 4 is 28.0 Å². The molecule has 0 saturated carbocycles. The molecule has 1 aromatic carbocycles. The van der Waals surface area contributed by atoms with Crippen molar-refractivity contribution in [1.82, 2.24) is 5.32 Å². The summed E-state index contributed by atoms with van der Waals surface area (Å²) < 4.78 is 6.27. The molecule has 0 aliphatic heterocycles. The van der Waals surface area contributed by atoms with E-state index >= 15 is 0 Å². The monoisotopic (exact) mass is 353 g/mol. The summed E-state index contributed by atoms with van der Waals surface area (Å²) in [7, 11) is 0. The summed E-state index contributed by atoms with van der Waals surface area (Å²) in [6, 6.07) is 4.09. The van der Waals surface area contributed by atoms with Crippen LogP contribution >= 0.6 is 15.9 Å². The van der Waals surface area contributed by atoms with Gasteiger partial charge in [-0.25, -0.2) is 4.79 Å². The predicted molar refractivity (Wildman–Crippen MR) is 91.1 cm³/mol. The fourth-order valence-corrected chi connectivity index (χ4v) is 2.38. The van der Waals surface area contributed by atoms with Crippen LogP contribution in [-0.4, -0.2) is 19.1 Å². The standard InChI is InChI=1S/C17H24BrNO2/c1-5-7-19-16(17(20)21-8-6-2)11-14-9-12(3)13(4)15(18)10-14/h9-11,19H,5-8H2,1-4H3/b16-11-. The van der Waals surface area contributed by atoms with Crippen molar-refractivity contribution in [2.45, 2.75) is 40.5 Å². The Morgan fingerprint density at radius 1 is 1.29 bits per heavy atom. The van der Waals surface area contributed by atoms with Crippen molar-refractivity contribution in [3.8, 4) is 0 Å². The highest BCUT2D eigenvalue weighted by Crippen LogP contribution is 2.23. The molecule has 4 heteroatoms. The van der Waals surface area contributed by atoms with E-state index < -0.39 is 0 Å². The molecular weight excluding hydrogens is 330 g/mol. The van der Waals surface area contributed by atoms with E-state index in [0.29, 0.717) is 12.3 Å². The molecule has 0 aliphatic carbocycles. The first-order valence-corrected chi connectivity index (χ1v) is 8.18. The summed E-state index contributed by atoms with van der Waals surface area (Å²) >= 11 is 3.55. The number of benzene rings is 1. The third-order valence-corrected chi connectivity index (χ3v) is 3.98. The molecule has 0 spiro atoms. The van der Waals surface area contributed by atoms with E-state index in [1.54, 1.807) is 0 Å². The van der Waals surface area contributed by atoms with Crippen LogP contribution in [0.25, 0.3) is 6.08 Å². The summed E-state index contributed by atoms with van der Waals surface area (Å²) in [6.45, 7) is 9.37. The van der Waals surface area contributed by atoms with E-state index in [1.807, 2.05) is 19.1 Å². The Labute approximate surface area is 135 Å². The summed E-state index contributed by atoms with van der Waals surface area (Å²) in [5.41, 5.74) is 3.90. The Bertz CT molecular complexity index is 501. The maximum Gasteiger partial charge on any atom is 0.354 e. The molecule has 0 bridgehead atoms. The zero-order valence-corrected chi connectivity index (χ0v) is 14.8. The molecule has 0 heterocycles. The Morgan fingerprint density at radius 2 is 2.00 bits per heavy atom. The van der Waals surface area contributed by atoms with Crippen LogP contribution in [0.2, 0.25) is 0 Å². The summed E-state index contributed by atoms with van der Waals surface area (Å²) in [4.78, 5) is 12.1. The number of ether oxygens (including phenoxy) is 1. The lowest BCUT2D eigenvalue weighted by Crippen LogP contribution is -2.23. The number of halogens is 1. The van der Waals surface area contributed by atoms with Gasteiger partial charge in [-0.1, -0.05) is 35.8 Å². The van der Waals surface area contributed by atoms with Crippen LogP contribution in [0.1, 0.15) is 43.4 Å². The van der Waals surface area contributed by atoms with Crippen molar-refractivity contribution in [2.75, 3.05) is 13.2 Å². The van der Waals surface area contributed by atoms with Gasteiger partial charge in [-0.05, 0) is 55.5 Å². The van der Waals surface area contributed by atoms with Gasteiger partial charge in [0.25, 0.3) is 0 Å². The third kappa shape index (κ3) is 5.54. The van der Waals surface area contributed by atoms with Gasteiger partial charge < -0.3 is 10.1 Å². The smallest absolute Gasteiger partial charge is 0.354 e. The maximum atomic E-state index is 12.1. The number of esters is 1. The summed E-state index contributed by atoms with van der Waals surface area (Å²) in [6.07, 6.45) is 3.63. The highest BCUT2D eigenvalue weighted by atomic mass is 79.9. The number of rotatable bonds is 7. The molecule has 0 saturated heterocycles. The Kier molecular flexibility index (Phi) is 7.51. The fourth-order valence-electron chi connectivity index (χ4n) is 1.81. The highest BCUT2D eigenvalue weighted by Gasteiger charge is 2.11.